The van der Waals surface area contributed by atoms with Gasteiger partial charge in [-0.1, -0.05) is 28.9 Å². The molecule has 0 atom stereocenters. The van der Waals surface area contributed by atoms with Gasteiger partial charge < -0.3 is 15.2 Å². The number of hydrazone groups is 1. The van der Waals surface area contributed by atoms with Crippen LogP contribution in [0.1, 0.15) is 27.3 Å². The monoisotopic (exact) mass is 560 g/mol. The summed E-state index contributed by atoms with van der Waals surface area (Å²) in [6, 6.07) is 10.9. The quantitative estimate of drug-likeness (QED) is 0.243. The van der Waals surface area contributed by atoms with Crippen molar-refractivity contribution in [3.05, 3.63) is 68.4 Å². The second-order valence-corrected chi connectivity index (χ2v) is 8.35. The number of nitrogens with two attached hydrogens (primary N) is 1. The van der Waals surface area contributed by atoms with Gasteiger partial charge in [-0.05, 0) is 68.6 Å². The maximum Gasteiger partial charge on any atom is 0.292 e. The molecule has 14 heteroatoms. The zero-order valence-electron chi connectivity index (χ0n) is 18.4. The lowest BCUT2D eigenvalue weighted by Gasteiger charge is -2.13. The van der Waals surface area contributed by atoms with Gasteiger partial charge in [-0.25, -0.2) is 10.1 Å². The number of carbonyl (C=O) groups is 1. The number of nitrogen functional groups attached to an aromatic ring is 1. The standard InChI is InChI=1S/C21H18BrClN8O4/c1-11-17(31(30-26-11)20-19(24)28-35-29-20)21(32)27-25-9-13-7-15(22)18(16(8-13)33-2)34-10-12-4-3-5-14(23)6-12/h3-9H,10H2,1-2H3,(H2,24,28)(H,27,32). The smallest absolute Gasteiger partial charge is 0.292 e. The molecule has 3 N–H and O–H groups in total. The molecule has 0 fully saturated rings. The molecule has 4 aromatic rings. The van der Waals surface area contributed by atoms with Crippen molar-refractivity contribution in [1.82, 2.24) is 30.7 Å². The van der Waals surface area contributed by atoms with E-state index in [1.54, 1.807) is 25.1 Å². The predicted octanol–water partition coefficient (Wildman–Crippen LogP) is 3.31. The highest BCUT2D eigenvalue weighted by Crippen LogP contribution is 2.37. The summed E-state index contributed by atoms with van der Waals surface area (Å²) in [5, 5.41) is 19.5. The normalized spacial score (nSPS) is 11.1. The topological polar surface area (TPSA) is 156 Å². The van der Waals surface area contributed by atoms with E-state index in [1.165, 1.54) is 13.3 Å². The summed E-state index contributed by atoms with van der Waals surface area (Å²) in [7, 11) is 1.53. The highest BCUT2D eigenvalue weighted by Gasteiger charge is 2.22. The van der Waals surface area contributed by atoms with Crippen LogP contribution in [-0.2, 0) is 6.61 Å². The number of aryl methyl sites for hydroxylation is 1. The number of anilines is 1. The van der Waals surface area contributed by atoms with Gasteiger partial charge in [0.05, 0.1) is 23.5 Å². The lowest BCUT2D eigenvalue weighted by atomic mass is 10.2. The lowest BCUT2D eigenvalue weighted by Crippen LogP contribution is -2.22. The molecular weight excluding hydrogens is 544 g/mol. The number of benzene rings is 2. The molecule has 2 heterocycles. The molecule has 180 valence electrons. The molecule has 0 saturated heterocycles. The van der Waals surface area contributed by atoms with Crippen molar-refractivity contribution in [3.8, 4) is 17.3 Å². The molecule has 0 aliphatic carbocycles. The van der Waals surface area contributed by atoms with Crippen molar-refractivity contribution in [1.29, 1.82) is 0 Å². The zero-order chi connectivity index (χ0) is 24.9. The number of carbonyl (C=O) groups excluding carboxylic acids is 1. The fourth-order valence-corrected chi connectivity index (χ4v) is 3.85. The van der Waals surface area contributed by atoms with E-state index in [2.05, 4.69) is 51.7 Å². The van der Waals surface area contributed by atoms with Gasteiger partial charge in [0, 0.05) is 5.02 Å². The second kappa shape index (κ2) is 10.5. The third kappa shape index (κ3) is 5.41. The largest absolute Gasteiger partial charge is 0.493 e. The molecule has 12 nitrogen and oxygen atoms in total. The van der Waals surface area contributed by atoms with Crippen molar-refractivity contribution in [3.63, 3.8) is 0 Å². The first kappa shape index (κ1) is 24.2. The molecular formula is C21H18BrClN8O4. The maximum absolute atomic E-state index is 12.7. The molecule has 35 heavy (non-hydrogen) atoms. The summed E-state index contributed by atoms with van der Waals surface area (Å²) in [5.41, 5.74) is 10.1. The van der Waals surface area contributed by atoms with Crippen LogP contribution in [0.5, 0.6) is 11.5 Å². The molecule has 2 aromatic carbocycles. The van der Waals surface area contributed by atoms with E-state index in [-0.39, 0.29) is 17.3 Å². The minimum absolute atomic E-state index is 0.0398. The van der Waals surface area contributed by atoms with Crippen molar-refractivity contribution >= 4 is 45.5 Å². The van der Waals surface area contributed by atoms with Gasteiger partial charge in [-0.2, -0.15) is 9.78 Å². The average Bonchev–Trinajstić information content (AvgIpc) is 3.42. The Labute approximate surface area is 212 Å². The first-order valence-electron chi connectivity index (χ1n) is 9.96. The van der Waals surface area contributed by atoms with E-state index in [0.717, 1.165) is 10.2 Å². The second-order valence-electron chi connectivity index (χ2n) is 7.06. The van der Waals surface area contributed by atoms with Crippen molar-refractivity contribution in [2.75, 3.05) is 12.8 Å². The molecule has 1 amide bonds. The van der Waals surface area contributed by atoms with Crippen molar-refractivity contribution in [2.45, 2.75) is 13.5 Å². The third-order valence-corrected chi connectivity index (χ3v) is 5.48. The average molecular weight is 562 g/mol. The molecule has 0 spiro atoms. The Morgan fingerprint density at radius 1 is 1.34 bits per heavy atom. The van der Waals surface area contributed by atoms with Crippen LogP contribution in [0.2, 0.25) is 5.02 Å². The summed E-state index contributed by atoms with van der Waals surface area (Å²) in [6.07, 6.45) is 1.45. The predicted molar refractivity (Wildman–Crippen MR) is 130 cm³/mol. The van der Waals surface area contributed by atoms with E-state index in [4.69, 9.17) is 26.8 Å². The summed E-state index contributed by atoms with van der Waals surface area (Å²) in [6.45, 7) is 1.90. The zero-order valence-corrected chi connectivity index (χ0v) is 20.7. The Morgan fingerprint density at radius 3 is 2.89 bits per heavy atom. The van der Waals surface area contributed by atoms with Gasteiger partial charge in [-0.3, -0.25) is 4.79 Å². The minimum atomic E-state index is -0.585. The summed E-state index contributed by atoms with van der Waals surface area (Å²) >= 11 is 9.53. The molecule has 4 rings (SSSR count). The van der Waals surface area contributed by atoms with Gasteiger partial charge in [0.1, 0.15) is 6.61 Å². The fourth-order valence-electron chi connectivity index (χ4n) is 3.06. The number of rotatable bonds is 8. The van der Waals surface area contributed by atoms with Gasteiger partial charge >= 0.3 is 0 Å². The number of aromatic nitrogens is 5. The minimum Gasteiger partial charge on any atom is -0.493 e. The lowest BCUT2D eigenvalue weighted by molar-refractivity contribution is 0.0946. The van der Waals surface area contributed by atoms with Crippen LogP contribution in [0, 0.1) is 6.92 Å². The molecule has 0 aliphatic rings. The van der Waals surface area contributed by atoms with Crippen LogP contribution >= 0.6 is 27.5 Å². The Kier molecular flexibility index (Phi) is 7.27. The van der Waals surface area contributed by atoms with Crippen LogP contribution in [0.25, 0.3) is 5.82 Å². The molecule has 0 unspecified atom stereocenters. The van der Waals surface area contributed by atoms with E-state index >= 15 is 0 Å². The Morgan fingerprint density at radius 2 is 2.17 bits per heavy atom. The number of methoxy groups -OCH3 is 1. The van der Waals surface area contributed by atoms with E-state index in [1.807, 2.05) is 18.2 Å². The molecule has 2 aromatic heterocycles. The van der Waals surface area contributed by atoms with Crippen molar-refractivity contribution < 1.29 is 18.9 Å². The molecule has 0 radical (unpaired) electrons. The number of amides is 1. The van der Waals surface area contributed by atoms with Crippen LogP contribution in [-0.4, -0.2) is 44.5 Å². The first-order chi connectivity index (χ1) is 16.9. The molecule has 0 aliphatic heterocycles. The first-order valence-corrected chi connectivity index (χ1v) is 11.1. The summed E-state index contributed by atoms with van der Waals surface area (Å²) in [5.74, 6) is 0.405. The Hall–Kier alpha value is -3.97. The number of nitrogens with zero attached hydrogens (tertiary/aromatic N) is 6. The summed E-state index contributed by atoms with van der Waals surface area (Å²) < 4.78 is 17.7. The van der Waals surface area contributed by atoms with Gasteiger partial charge in [0.25, 0.3) is 5.91 Å². The van der Waals surface area contributed by atoms with E-state index < -0.39 is 5.91 Å². The van der Waals surface area contributed by atoms with Gasteiger partial charge in [0.15, 0.2) is 17.2 Å². The fraction of sp³-hybridized carbons (Fsp3) is 0.143. The Balaban J connectivity index is 1.48. The number of ether oxygens (including phenoxy) is 2. The number of hydrogen-bond acceptors (Lipinski definition) is 10. The Bertz CT molecular complexity index is 1400. The number of halogens is 2. The maximum atomic E-state index is 12.7. The van der Waals surface area contributed by atoms with Crippen LogP contribution in [0.3, 0.4) is 0 Å². The van der Waals surface area contributed by atoms with E-state index in [9.17, 15) is 4.79 Å². The molecule has 0 bridgehead atoms. The summed E-state index contributed by atoms with van der Waals surface area (Å²) in [4.78, 5) is 12.7. The van der Waals surface area contributed by atoms with Gasteiger partial charge in [0.2, 0.25) is 11.6 Å². The number of nitrogens with one attached hydrogen (secondary N) is 1. The highest BCUT2D eigenvalue weighted by molar-refractivity contribution is 9.10. The molecule has 0 saturated carbocycles. The SMILES string of the molecule is COc1cc(C=NNC(=O)c2c(C)nnn2-c2nonc2N)cc(Br)c1OCc1cccc(Cl)c1. The van der Waals surface area contributed by atoms with Crippen LogP contribution in [0.4, 0.5) is 5.82 Å². The highest BCUT2D eigenvalue weighted by atomic mass is 79.9. The van der Waals surface area contributed by atoms with Crippen molar-refractivity contribution in [2.24, 2.45) is 5.10 Å². The van der Waals surface area contributed by atoms with Crippen LogP contribution in [0.15, 0.2) is 50.6 Å². The number of hydrogen-bond donors (Lipinski definition) is 2. The third-order valence-electron chi connectivity index (χ3n) is 4.65. The van der Waals surface area contributed by atoms with E-state index in [0.29, 0.717) is 38.9 Å². The van der Waals surface area contributed by atoms with Crippen LogP contribution < -0.4 is 20.6 Å². The van der Waals surface area contributed by atoms with Gasteiger partial charge in [-0.15, -0.1) is 5.10 Å².